The van der Waals surface area contributed by atoms with Crippen LogP contribution in [0.15, 0.2) is 53.5 Å². The van der Waals surface area contributed by atoms with Gasteiger partial charge in [0, 0.05) is 32.3 Å². The third-order valence-corrected chi connectivity index (χ3v) is 3.75. The van der Waals surface area contributed by atoms with Gasteiger partial charge in [-0.1, -0.05) is 30.3 Å². The van der Waals surface area contributed by atoms with Crippen LogP contribution in [0, 0.1) is 6.92 Å². The van der Waals surface area contributed by atoms with E-state index in [9.17, 15) is 4.79 Å². The summed E-state index contributed by atoms with van der Waals surface area (Å²) in [5, 5.41) is 9.25. The zero-order chi connectivity index (χ0) is 18.8. The maximum absolute atomic E-state index is 11.1. The van der Waals surface area contributed by atoms with Crippen molar-refractivity contribution in [3.63, 3.8) is 0 Å². The van der Waals surface area contributed by atoms with Gasteiger partial charge in [0.05, 0.1) is 6.54 Å². The van der Waals surface area contributed by atoms with Gasteiger partial charge in [0.1, 0.15) is 12.4 Å². The standard InChI is InChI=1S/C20H26N4O2.HI/c1-15-7-4-5-8-17(15)14-23-20(21-3)22-11-12-26-19-10-6-9-18(13-19)24-16(2)25;/h4-10,13H,11-12,14H2,1-3H3,(H,24,25)(H2,21,22,23);1H. The number of carbonyl (C=O) groups excluding carboxylic acids is 1. The van der Waals surface area contributed by atoms with Crippen molar-refractivity contribution < 1.29 is 9.53 Å². The molecular formula is C20H27IN4O2. The molecule has 2 aromatic carbocycles. The topological polar surface area (TPSA) is 74.8 Å². The van der Waals surface area contributed by atoms with Crippen molar-refractivity contribution in [1.82, 2.24) is 10.6 Å². The Labute approximate surface area is 177 Å². The summed E-state index contributed by atoms with van der Waals surface area (Å²) in [4.78, 5) is 15.3. The number of hydrogen-bond acceptors (Lipinski definition) is 3. The van der Waals surface area contributed by atoms with Crippen LogP contribution in [0.4, 0.5) is 5.69 Å². The number of nitrogens with zero attached hydrogens (tertiary/aromatic N) is 1. The van der Waals surface area contributed by atoms with Gasteiger partial charge in [0.15, 0.2) is 5.96 Å². The fraction of sp³-hybridized carbons (Fsp3) is 0.300. The highest BCUT2D eigenvalue weighted by Crippen LogP contribution is 2.17. The van der Waals surface area contributed by atoms with Crippen LogP contribution in [-0.2, 0) is 11.3 Å². The predicted molar refractivity (Wildman–Crippen MR) is 121 cm³/mol. The monoisotopic (exact) mass is 482 g/mol. The van der Waals surface area contributed by atoms with Gasteiger partial charge in [0.2, 0.25) is 5.91 Å². The van der Waals surface area contributed by atoms with Crippen LogP contribution in [0.25, 0.3) is 0 Å². The second-order valence-corrected chi connectivity index (χ2v) is 5.84. The van der Waals surface area contributed by atoms with Crippen LogP contribution in [0.2, 0.25) is 0 Å². The van der Waals surface area contributed by atoms with E-state index in [0.29, 0.717) is 25.4 Å². The Morgan fingerprint density at radius 1 is 1.11 bits per heavy atom. The fourth-order valence-electron chi connectivity index (χ4n) is 2.41. The summed E-state index contributed by atoms with van der Waals surface area (Å²) in [5.41, 5.74) is 3.21. The number of amides is 1. The Morgan fingerprint density at radius 2 is 1.89 bits per heavy atom. The minimum atomic E-state index is -0.104. The van der Waals surface area contributed by atoms with Gasteiger partial charge >= 0.3 is 0 Å². The maximum Gasteiger partial charge on any atom is 0.221 e. The molecule has 27 heavy (non-hydrogen) atoms. The van der Waals surface area contributed by atoms with E-state index in [1.165, 1.54) is 18.1 Å². The zero-order valence-corrected chi connectivity index (χ0v) is 18.2. The first-order valence-corrected chi connectivity index (χ1v) is 8.58. The molecule has 0 aromatic heterocycles. The van der Waals surface area contributed by atoms with Crippen molar-refractivity contribution in [3.05, 3.63) is 59.7 Å². The second-order valence-electron chi connectivity index (χ2n) is 5.84. The van der Waals surface area contributed by atoms with Crippen molar-refractivity contribution in [2.24, 2.45) is 4.99 Å². The first kappa shape index (κ1) is 22.8. The number of halogens is 1. The first-order chi connectivity index (χ1) is 12.6. The van der Waals surface area contributed by atoms with Gasteiger partial charge in [-0.2, -0.15) is 0 Å². The molecule has 3 N–H and O–H groups in total. The van der Waals surface area contributed by atoms with Crippen LogP contribution in [-0.4, -0.2) is 32.1 Å². The summed E-state index contributed by atoms with van der Waals surface area (Å²) in [5.74, 6) is 1.33. The van der Waals surface area contributed by atoms with E-state index in [2.05, 4.69) is 40.0 Å². The SMILES string of the molecule is CN=C(NCCOc1cccc(NC(C)=O)c1)NCc1ccccc1C.I. The van der Waals surface area contributed by atoms with Crippen molar-refractivity contribution in [2.75, 3.05) is 25.5 Å². The number of ether oxygens (including phenoxy) is 1. The van der Waals surface area contributed by atoms with Gasteiger partial charge in [-0.05, 0) is 30.2 Å². The molecule has 7 heteroatoms. The number of aryl methyl sites for hydroxylation is 1. The Kier molecular flexibility index (Phi) is 10.2. The lowest BCUT2D eigenvalue weighted by Crippen LogP contribution is -2.39. The summed E-state index contributed by atoms with van der Waals surface area (Å²) in [7, 11) is 1.74. The van der Waals surface area contributed by atoms with E-state index in [0.717, 1.165) is 11.6 Å². The molecule has 6 nitrogen and oxygen atoms in total. The summed E-state index contributed by atoms with van der Waals surface area (Å²) in [6.45, 7) is 5.38. The molecule has 0 aliphatic carbocycles. The lowest BCUT2D eigenvalue weighted by Gasteiger charge is -2.14. The molecule has 0 aliphatic heterocycles. The molecule has 0 heterocycles. The number of rotatable bonds is 7. The highest BCUT2D eigenvalue weighted by molar-refractivity contribution is 14.0. The van der Waals surface area contributed by atoms with Crippen LogP contribution in [0.3, 0.4) is 0 Å². The number of anilines is 1. The smallest absolute Gasteiger partial charge is 0.221 e. The minimum absolute atomic E-state index is 0. The summed E-state index contributed by atoms with van der Waals surface area (Å²) in [6, 6.07) is 15.6. The van der Waals surface area contributed by atoms with E-state index < -0.39 is 0 Å². The molecule has 0 aliphatic rings. The predicted octanol–water partition coefficient (Wildman–Crippen LogP) is 3.32. The summed E-state index contributed by atoms with van der Waals surface area (Å²) in [6.07, 6.45) is 0. The molecule has 1 amide bonds. The van der Waals surface area contributed by atoms with Gasteiger partial charge < -0.3 is 20.7 Å². The number of guanidine groups is 1. The van der Waals surface area contributed by atoms with Gasteiger partial charge in [0.25, 0.3) is 0 Å². The highest BCUT2D eigenvalue weighted by atomic mass is 127. The normalized spacial score (nSPS) is 10.6. The molecule has 0 bridgehead atoms. The van der Waals surface area contributed by atoms with Crippen molar-refractivity contribution in [1.29, 1.82) is 0 Å². The quantitative estimate of drug-likeness (QED) is 0.245. The lowest BCUT2D eigenvalue weighted by atomic mass is 10.1. The van der Waals surface area contributed by atoms with Gasteiger partial charge in [-0.3, -0.25) is 9.79 Å². The third kappa shape index (κ3) is 8.29. The first-order valence-electron chi connectivity index (χ1n) is 8.58. The lowest BCUT2D eigenvalue weighted by molar-refractivity contribution is -0.114. The largest absolute Gasteiger partial charge is 0.492 e. The molecule has 2 aromatic rings. The molecule has 0 unspecified atom stereocenters. The average Bonchev–Trinajstić information content (AvgIpc) is 2.62. The van der Waals surface area contributed by atoms with Crippen LogP contribution in [0.1, 0.15) is 18.1 Å². The van der Waals surface area contributed by atoms with Gasteiger partial charge in [-0.15, -0.1) is 24.0 Å². The highest BCUT2D eigenvalue weighted by Gasteiger charge is 2.02. The number of aliphatic imine (C=N–C) groups is 1. The molecule has 146 valence electrons. The summed E-state index contributed by atoms with van der Waals surface area (Å²) >= 11 is 0. The van der Waals surface area contributed by atoms with Crippen molar-refractivity contribution >= 4 is 41.5 Å². The number of hydrogen-bond donors (Lipinski definition) is 3. The Bertz CT molecular complexity index is 765. The Balaban J connectivity index is 0.00000364. The van der Waals surface area contributed by atoms with E-state index in [-0.39, 0.29) is 29.9 Å². The molecule has 2 rings (SSSR count). The summed E-state index contributed by atoms with van der Waals surface area (Å²) < 4.78 is 5.71. The molecule has 0 spiro atoms. The molecular weight excluding hydrogens is 455 g/mol. The van der Waals surface area contributed by atoms with E-state index >= 15 is 0 Å². The van der Waals surface area contributed by atoms with E-state index in [1.807, 2.05) is 30.3 Å². The van der Waals surface area contributed by atoms with Crippen LogP contribution < -0.4 is 20.7 Å². The molecule has 0 radical (unpaired) electrons. The maximum atomic E-state index is 11.1. The fourth-order valence-corrected chi connectivity index (χ4v) is 2.41. The van der Waals surface area contributed by atoms with E-state index in [4.69, 9.17) is 4.74 Å². The number of benzene rings is 2. The third-order valence-electron chi connectivity index (χ3n) is 3.75. The number of carbonyl (C=O) groups is 1. The van der Waals surface area contributed by atoms with Crippen LogP contribution >= 0.6 is 24.0 Å². The Hall–Kier alpha value is -2.29. The minimum Gasteiger partial charge on any atom is -0.492 e. The average molecular weight is 482 g/mol. The Morgan fingerprint density at radius 3 is 2.59 bits per heavy atom. The van der Waals surface area contributed by atoms with Crippen molar-refractivity contribution in [3.8, 4) is 5.75 Å². The molecule has 0 fully saturated rings. The van der Waals surface area contributed by atoms with Gasteiger partial charge in [-0.25, -0.2) is 0 Å². The zero-order valence-electron chi connectivity index (χ0n) is 15.9. The van der Waals surface area contributed by atoms with E-state index in [1.54, 1.807) is 13.1 Å². The number of nitrogens with one attached hydrogen (secondary N) is 3. The van der Waals surface area contributed by atoms with Crippen molar-refractivity contribution in [2.45, 2.75) is 20.4 Å². The molecule has 0 saturated heterocycles. The molecule has 0 atom stereocenters. The van der Waals surface area contributed by atoms with Crippen LogP contribution in [0.5, 0.6) is 5.75 Å². The second kappa shape index (κ2) is 12.2. The molecule has 0 saturated carbocycles.